The zero-order valence-corrected chi connectivity index (χ0v) is 26.0. The van der Waals surface area contributed by atoms with Crippen molar-refractivity contribution in [2.75, 3.05) is 13.6 Å². The normalized spacial score (nSPS) is 13.8. The summed E-state index contributed by atoms with van der Waals surface area (Å²) >= 11 is 3.61. The van der Waals surface area contributed by atoms with Crippen LogP contribution in [0, 0.1) is 11.8 Å². The molecule has 43 heavy (non-hydrogen) atoms. The average Bonchev–Trinajstić information content (AvgIpc) is 3.47. The molecule has 5 aromatic rings. The Bertz CT molecular complexity index is 1830. The van der Waals surface area contributed by atoms with Gasteiger partial charge < -0.3 is 16.0 Å². The molecule has 2 heterocycles. The van der Waals surface area contributed by atoms with Crippen molar-refractivity contribution >= 4 is 43.6 Å². The van der Waals surface area contributed by atoms with Gasteiger partial charge in [0.05, 0.1) is 28.9 Å². The van der Waals surface area contributed by atoms with Gasteiger partial charge in [0.1, 0.15) is 0 Å². The van der Waals surface area contributed by atoms with Crippen LogP contribution in [0.25, 0.3) is 33.1 Å². The molecular formula is C36H36BrN5O. The van der Waals surface area contributed by atoms with Crippen molar-refractivity contribution in [1.82, 2.24) is 20.2 Å². The molecular weight excluding hydrogens is 598 g/mol. The molecule has 0 radical (unpaired) electrons. The molecule has 0 aliphatic heterocycles. The molecule has 6 nitrogen and oxygen atoms in total. The summed E-state index contributed by atoms with van der Waals surface area (Å²) in [7, 11) is 2.17. The third-order valence-electron chi connectivity index (χ3n) is 8.47. The SMILES string of the molecule is CN(CC#Cc1cccc2c(C(=O)NCc3ccc(CN)cc3)cc(-c3c[nH]c4ccc(Br)cc34)nc12)C1CCCCC1. The number of halogens is 1. The minimum atomic E-state index is -0.153. The fraction of sp³-hybridized carbons (Fsp3) is 0.278. The minimum absolute atomic E-state index is 0.153. The number of carbonyl (C=O) groups excluding carboxylic acids is 1. The standard InChI is InChI=1S/C36H36BrN5O/c1-42(28-9-3-2-4-10-28)18-6-8-26-7-5-11-29-31(36(43)40-22-25-14-12-24(21-38)13-15-25)20-34(41-35(26)29)32-23-39-33-17-16-27(37)19-30(32)33/h5,7,11-17,19-20,23,28,39H,2-4,9-10,18,21-22,38H2,1H3,(H,40,43). The van der Waals surface area contributed by atoms with Crippen molar-refractivity contribution < 1.29 is 4.79 Å². The van der Waals surface area contributed by atoms with Crippen LogP contribution >= 0.6 is 15.9 Å². The molecule has 1 saturated carbocycles. The molecule has 1 amide bonds. The van der Waals surface area contributed by atoms with Gasteiger partial charge in [-0.3, -0.25) is 9.69 Å². The van der Waals surface area contributed by atoms with E-state index in [9.17, 15) is 4.79 Å². The highest BCUT2D eigenvalue weighted by molar-refractivity contribution is 9.10. The Morgan fingerprint density at radius 2 is 1.84 bits per heavy atom. The number of aromatic amines is 1. The number of benzene rings is 3. The summed E-state index contributed by atoms with van der Waals surface area (Å²) in [5.41, 5.74) is 12.6. The van der Waals surface area contributed by atoms with Gasteiger partial charge in [0.15, 0.2) is 0 Å². The zero-order valence-electron chi connectivity index (χ0n) is 24.4. The quantitative estimate of drug-likeness (QED) is 0.166. The van der Waals surface area contributed by atoms with E-state index in [2.05, 4.69) is 56.1 Å². The van der Waals surface area contributed by atoms with Crippen LogP contribution in [0.3, 0.4) is 0 Å². The van der Waals surface area contributed by atoms with Crippen molar-refractivity contribution in [2.45, 2.75) is 51.2 Å². The van der Waals surface area contributed by atoms with Gasteiger partial charge >= 0.3 is 0 Å². The number of aromatic nitrogens is 2. The molecule has 4 N–H and O–H groups in total. The molecule has 6 rings (SSSR count). The molecule has 2 aromatic heterocycles. The van der Waals surface area contributed by atoms with Crippen LogP contribution in [0.5, 0.6) is 0 Å². The maximum atomic E-state index is 13.8. The molecule has 0 saturated heterocycles. The van der Waals surface area contributed by atoms with Gasteiger partial charge in [0.25, 0.3) is 5.91 Å². The third kappa shape index (κ3) is 6.52. The fourth-order valence-electron chi connectivity index (χ4n) is 5.96. The van der Waals surface area contributed by atoms with Crippen LogP contribution in [0.4, 0.5) is 0 Å². The lowest BCUT2D eigenvalue weighted by molar-refractivity contribution is 0.0952. The highest BCUT2D eigenvalue weighted by Gasteiger charge is 2.19. The number of nitrogens with one attached hydrogen (secondary N) is 2. The van der Waals surface area contributed by atoms with E-state index in [1.165, 1.54) is 32.1 Å². The van der Waals surface area contributed by atoms with E-state index in [-0.39, 0.29) is 5.91 Å². The van der Waals surface area contributed by atoms with Crippen LogP contribution in [0.1, 0.15) is 59.2 Å². The molecule has 0 atom stereocenters. The topological polar surface area (TPSA) is 87.0 Å². The first kappa shape index (κ1) is 29.1. The molecule has 218 valence electrons. The van der Waals surface area contributed by atoms with Gasteiger partial charge in [-0.25, -0.2) is 4.98 Å². The molecule has 0 unspecified atom stereocenters. The third-order valence-corrected chi connectivity index (χ3v) is 8.96. The number of hydrogen-bond acceptors (Lipinski definition) is 4. The minimum Gasteiger partial charge on any atom is -0.360 e. The van der Waals surface area contributed by atoms with Gasteiger partial charge in [-0.15, -0.1) is 0 Å². The van der Waals surface area contributed by atoms with E-state index in [1.807, 2.05) is 66.9 Å². The number of pyridine rings is 1. The lowest BCUT2D eigenvalue weighted by Gasteiger charge is -2.29. The van der Waals surface area contributed by atoms with Crippen molar-refractivity contribution in [1.29, 1.82) is 0 Å². The van der Waals surface area contributed by atoms with Crippen LogP contribution in [0.2, 0.25) is 0 Å². The predicted octanol–water partition coefficient (Wildman–Crippen LogP) is 7.15. The highest BCUT2D eigenvalue weighted by Crippen LogP contribution is 2.33. The van der Waals surface area contributed by atoms with Gasteiger partial charge in [-0.05, 0) is 61.3 Å². The van der Waals surface area contributed by atoms with Gasteiger partial charge in [-0.2, -0.15) is 0 Å². The van der Waals surface area contributed by atoms with E-state index in [0.717, 1.165) is 54.2 Å². The Morgan fingerprint density at radius 3 is 2.63 bits per heavy atom. The van der Waals surface area contributed by atoms with Crippen LogP contribution in [-0.4, -0.2) is 40.4 Å². The van der Waals surface area contributed by atoms with Crippen molar-refractivity contribution in [3.8, 4) is 23.1 Å². The van der Waals surface area contributed by atoms with Crippen molar-refractivity contribution in [2.24, 2.45) is 5.73 Å². The maximum absolute atomic E-state index is 13.8. The number of amides is 1. The van der Waals surface area contributed by atoms with E-state index in [1.54, 1.807) is 0 Å². The number of rotatable bonds is 7. The number of hydrogen-bond donors (Lipinski definition) is 3. The summed E-state index contributed by atoms with van der Waals surface area (Å²) in [5, 5.41) is 4.94. The zero-order chi connectivity index (χ0) is 29.8. The predicted molar refractivity (Wildman–Crippen MR) is 179 cm³/mol. The van der Waals surface area contributed by atoms with Crippen LogP contribution < -0.4 is 11.1 Å². The number of carbonyl (C=O) groups is 1. The lowest BCUT2D eigenvalue weighted by Crippen LogP contribution is -2.33. The monoisotopic (exact) mass is 633 g/mol. The maximum Gasteiger partial charge on any atom is 0.252 e. The Balaban J connectivity index is 1.38. The molecule has 1 aliphatic carbocycles. The lowest BCUT2D eigenvalue weighted by atomic mass is 9.94. The number of nitrogens with zero attached hydrogens (tertiary/aromatic N) is 2. The smallest absolute Gasteiger partial charge is 0.252 e. The Hall–Kier alpha value is -3.96. The molecule has 1 fully saturated rings. The van der Waals surface area contributed by atoms with Crippen LogP contribution in [0.15, 0.2) is 77.4 Å². The van der Waals surface area contributed by atoms with Gasteiger partial charge in [-0.1, -0.05) is 83.4 Å². The Labute approximate surface area is 261 Å². The summed E-state index contributed by atoms with van der Waals surface area (Å²) in [5.74, 6) is 6.65. The molecule has 3 aromatic carbocycles. The first-order valence-corrected chi connectivity index (χ1v) is 15.8. The highest BCUT2D eigenvalue weighted by atomic mass is 79.9. The second-order valence-electron chi connectivity index (χ2n) is 11.4. The second-order valence-corrected chi connectivity index (χ2v) is 12.3. The molecule has 7 heteroatoms. The fourth-order valence-corrected chi connectivity index (χ4v) is 6.32. The van der Waals surface area contributed by atoms with Crippen molar-refractivity contribution in [3.63, 3.8) is 0 Å². The molecule has 0 bridgehead atoms. The van der Waals surface area contributed by atoms with Crippen LogP contribution in [-0.2, 0) is 13.1 Å². The number of fused-ring (bicyclic) bond motifs is 2. The number of nitrogens with two attached hydrogens (primary N) is 1. The summed E-state index contributed by atoms with van der Waals surface area (Å²) in [4.78, 5) is 24.6. The number of H-pyrrole nitrogens is 1. The Kier molecular flexibility index (Phi) is 8.90. The van der Waals surface area contributed by atoms with E-state index in [4.69, 9.17) is 10.7 Å². The largest absolute Gasteiger partial charge is 0.360 e. The first-order chi connectivity index (χ1) is 21.0. The summed E-state index contributed by atoms with van der Waals surface area (Å²) in [6, 6.07) is 22.5. The molecule has 0 spiro atoms. The average molecular weight is 635 g/mol. The van der Waals surface area contributed by atoms with Gasteiger partial charge in [0.2, 0.25) is 0 Å². The van der Waals surface area contributed by atoms with Crippen molar-refractivity contribution in [3.05, 3.63) is 99.7 Å². The van der Waals surface area contributed by atoms with E-state index in [0.29, 0.717) is 31.2 Å². The summed E-state index contributed by atoms with van der Waals surface area (Å²) < 4.78 is 0.980. The Morgan fingerprint density at radius 1 is 1.05 bits per heavy atom. The van der Waals surface area contributed by atoms with E-state index < -0.39 is 0 Å². The number of para-hydroxylation sites is 1. The first-order valence-electron chi connectivity index (χ1n) is 15.0. The van der Waals surface area contributed by atoms with Gasteiger partial charge in [0, 0.05) is 51.7 Å². The molecule has 1 aliphatic rings. The summed E-state index contributed by atoms with van der Waals surface area (Å²) in [6.07, 6.45) is 8.38. The second kappa shape index (κ2) is 13.1. The van der Waals surface area contributed by atoms with E-state index >= 15 is 0 Å². The summed E-state index contributed by atoms with van der Waals surface area (Å²) in [6.45, 7) is 1.61.